The SMILES string of the molecule is C[C@H]1C[C@@H](O[C@H]2C[C@@H](O[C@H]3C[C@@H](O)C[C@@H](CO)O3)[C@H](O)[C@@H](CO)O2)C[C@@H](CO)O1. The molecule has 0 spiro atoms. The number of rotatable bonds is 7. The van der Waals surface area contributed by atoms with Gasteiger partial charge in [0.25, 0.3) is 0 Å². The molecule has 3 aliphatic heterocycles. The standard InChI is InChI=1S/C19H34O10/c1-10-2-12(5-14(8-21)25-10)26-18-6-15(19(24)16(9-22)29-18)28-17-4-11(23)3-13(7-20)27-17/h10-24H,2-9H2,1H3/t10-,11-,12+,13-,14-,15+,16+,17-,18+,19-/m0/s1. The van der Waals surface area contributed by atoms with E-state index < -0.39 is 49.7 Å². The summed E-state index contributed by atoms with van der Waals surface area (Å²) in [7, 11) is 0. The van der Waals surface area contributed by atoms with Gasteiger partial charge < -0.3 is 49.2 Å². The predicted molar refractivity (Wildman–Crippen MR) is 97.8 cm³/mol. The highest BCUT2D eigenvalue weighted by molar-refractivity contribution is 4.86. The van der Waals surface area contributed by atoms with Crippen molar-refractivity contribution in [1.29, 1.82) is 0 Å². The Bertz CT molecular complexity index is 494. The fraction of sp³-hybridized carbons (Fsp3) is 1.00. The van der Waals surface area contributed by atoms with E-state index in [0.717, 1.165) is 0 Å². The third-order valence-corrected chi connectivity index (χ3v) is 5.66. The lowest BCUT2D eigenvalue weighted by atomic mass is 9.99. The molecule has 0 aromatic carbocycles. The molecule has 0 amide bonds. The Morgan fingerprint density at radius 2 is 1.45 bits per heavy atom. The molecule has 29 heavy (non-hydrogen) atoms. The Hall–Kier alpha value is -0.400. The number of aliphatic hydroxyl groups is 5. The zero-order valence-corrected chi connectivity index (χ0v) is 16.7. The van der Waals surface area contributed by atoms with Crippen molar-refractivity contribution in [2.75, 3.05) is 19.8 Å². The number of ether oxygens (including phenoxy) is 5. The lowest BCUT2D eigenvalue weighted by Crippen LogP contribution is -2.54. The maximum absolute atomic E-state index is 10.5. The number of hydrogen-bond donors (Lipinski definition) is 5. The van der Waals surface area contributed by atoms with Crippen molar-refractivity contribution in [2.45, 2.75) is 100 Å². The molecular formula is C19H34O10. The van der Waals surface area contributed by atoms with Gasteiger partial charge in [-0.1, -0.05) is 0 Å². The molecule has 3 saturated heterocycles. The van der Waals surface area contributed by atoms with Crippen molar-refractivity contribution >= 4 is 0 Å². The van der Waals surface area contributed by atoms with Crippen LogP contribution in [0.5, 0.6) is 0 Å². The smallest absolute Gasteiger partial charge is 0.161 e. The van der Waals surface area contributed by atoms with Crippen LogP contribution in [-0.2, 0) is 23.7 Å². The Morgan fingerprint density at radius 3 is 2.14 bits per heavy atom. The minimum atomic E-state index is -1.09. The minimum absolute atomic E-state index is 0.0618. The molecule has 0 aliphatic carbocycles. The van der Waals surface area contributed by atoms with Gasteiger partial charge in [-0.15, -0.1) is 0 Å². The topological polar surface area (TPSA) is 147 Å². The number of aliphatic hydroxyl groups excluding tert-OH is 5. The molecule has 10 heteroatoms. The van der Waals surface area contributed by atoms with E-state index in [1.807, 2.05) is 6.92 Å². The summed E-state index contributed by atoms with van der Waals surface area (Å²) in [5.74, 6) is 0. The van der Waals surface area contributed by atoms with Crippen LogP contribution < -0.4 is 0 Å². The normalized spacial score (nSPS) is 46.6. The quantitative estimate of drug-likeness (QED) is 0.333. The van der Waals surface area contributed by atoms with Gasteiger partial charge in [-0.2, -0.15) is 0 Å². The molecule has 0 unspecified atom stereocenters. The van der Waals surface area contributed by atoms with Crippen LogP contribution in [0.1, 0.15) is 39.0 Å². The molecule has 10 nitrogen and oxygen atoms in total. The van der Waals surface area contributed by atoms with Gasteiger partial charge >= 0.3 is 0 Å². The fourth-order valence-electron chi connectivity index (χ4n) is 4.26. The van der Waals surface area contributed by atoms with E-state index in [4.69, 9.17) is 23.7 Å². The second-order valence-electron chi connectivity index (χ2n) is 8.16. The molecule has 3 aliphatic rings. The van der Waals surface area contributed by atoms with Gasteiger partial charge in [0.05, 0.1) is 56.4 Å². The lowest BCUT2D eigenvalue weighted by Gasteiger charge is -2.43. The van der Waals surface area contributed by atoms with E-state index in [0.29, 0.717) is 19.3 Å². The second kappa shape index (κ2) is 10.8. The highest BCUT2D eigenvalue weighted by Gasteiger charge is 2.42. The molecule has 10 atom stereocenters. The van der Waals surface area contributed by atoms with Crippen LogP contribution in [-0.4, -0.2) is 107 Å². The zero-order valence-electron chi connectivity index (χ0n) is 16.7. The first-order valence-corrected chi connectivity index (χ1v) is 10.4. The Labute approximate surface area is 170 Å². The molecule has 0 saturated carbocycles. The summed E-state index contributed by atoms with van der Waals surface area (Å²) < 4.78 is 28.9. The van der Waals surface area contributed by atoms with Crippen LogP contribution in [0.3, 0.4) is 0 Å². The predicted octanol–water partition coefficient (Wildman–Crippen LogP) is -1.36. The van der Waals surface area contributed by atoms with Crippen LogP contribution in [0.4, 0.5) is 0 Å². The van der Waals surface area contributed by atoms with E-state index in [9.17, 15) is 25.5 Å². The summed E-state index contributed by atoms with van der Waals surface area (Å²) in [4.78, 5) is 0. The fourth-order valence-corrected chi connectivity index (χ4v) is 4.26. The summed E-state index contributed by atoms with van der Waals surface area (Å²) in [5.41, 5.74) is 0. The highest BCUT2D eigenvalue weighted by atomic mass is 16.7. The van der Waals surface area contributed by atoms with Crippen molar-refractivity contribution < 1.29 is 49.2 Å². The molecule has 0 aromatic heterocycles. The summed E-state index contributed by atoms with van der Waals surface area (Å²) in [6.45, 7) is 1.19. The van der Waals surface area contributed by atoms with Gasteiger partial charge in [-0.05, 0) is 13.3 Å². The molecule has 3 rings (SSSR count). The minimum Gasteiger partial charge on any atom is -0.394 e. The molecule has 0 bridgehead atoms. The molecule has 3 heterocycles. The van der Waals surface area contributed by atoms with Gasteiger partial charge in [0.15, 0.2) is 12.6 Å². The average Bonchev–Trinajstić information content (AvgIpc) is 2.69. The number of hydrogen-bond acceptors (Lipinski definition) is 10. The van der Waals surface area contributed by atoms with Crippen molar-refractivity contribution in [3.63, 3.8) is 0 Å². The summed E-state index contributed by atoms with van der Waals surface area (Å²) >= 11 is 0. The summed E-state index contributed by atoms with van der Waals surface area (Å²) in [5, 5.41) is 48.8. The van der Waals surface area contributed by atoms with Crippen LogP contribution in [0.25, 0.3) is 0 Å². The lowest BCUT2D eigenvalue weighted by molar-refractivity contribution is -0.314. The van der Waals surface area contributed by atoms with E-state index >= 15 is 0 Å². The largest absolute Gasteiger partial charge is 0.394 e. The summed E-state index contributed by atoms with van der Waals surface area (Å²) in [6, 6.07) is 0. The highest BCUT2D eigenvalue weighted by Crippen LogP contribution is 2.31. The molecule has 3 fully saturated rings. The van der Waals surface area contributed by atoms with Crippen molar-refractivity contribution in [3.8, 4) is 0 Å². The van der Waals surface area contributed by atoms with Crippen LogP contribution in [0.15, 0.2) is 0 Å². The van der Waals surface area contributed by atoms with Gasteiger partial charge in [-0.3, -0.25) is 0 Å². The third kappa shape index (κ3) is 6.30. The zero-order chi connectivity index (χ0) is 21.0. The molecular weight excluding hydrogens is 388 g/mol. The van der Waals surface area contributed by atoms with Gasteiger partial charge in [0.1, 0.15) is 12.2 Å². The first-order chi connectivity index (χ1) is 13.9. The van der Waals surface area contributed by atoms with Gasteiger partial charge in [0.2, 0.25) is 0 Å². The first-order valence-electron chi connectivity index (χ1n) is 10.4. The molecule has 170 valence electrons. The second-order valence-corrected chi connectivity index (χ2v) is 8.16. The molecule has 5 N–H and O–H groups in total. The van der Waals surface area contributed by atoms with Crippen LogP contribution in [0, 0.1) is 0 Å². The van der Waals surface area contributed by atoms with E-state index in [-0.39, 0.29) is 44.4 Å². The maximum atomic E-state index is 10.5. The van der Waals surface area contributed by atoms with Gasteiger partial charge in [0, 0.05) is 25.7 Å². The van der Waals surface area contributed by atoms with Gasteiger partial charge in [-0.25, -0.2) is 0 Å². The molecule has 0 aromatic rings. The first kappa shape index (κ1) is 23.3. The van der Waals surface area contributed by atoms with E-state index in [1.165, 1.54) is 0 Å². The monoisotopic (exact) mass is 422 g/mol. The van der Waals surface area contributed by atoms with Crippen molar-refractivity contribution in [1.82, 2.24) is 0 Å². The van der Waals surface area contributed by atoms with E-state index in [1.54, 1.807) is 0 Å². The Kier molecular flexibility index (Phi) is 8.63. The Morgan fingerprint density at radius 1 is 0.759 bits per heavy atom. The molecule has 0 radical (unpaired) electrons. The third-order valence-electron chi connectivity index (χ3n) is 5.66. The van der Waals surface area contributed by atoms with Crippen LogP contribution >= 0.6 is 0 Å². The Balaban J connectivity index is 1.60. The van der Waals surface area contributed by atoms with E-state index in [2.05, 4.69) is 0 Å². The average molecular weight is 422 g/mol. The summed E-state index contributed by atoms with van der Waals surface area (Å²) in [6.07, 6.45) is -4.01. The van der Waals surface area contributed by atoms with Crippen molar-refractivity contribution in [3.05, 3.63) is 0 Å². The maximum Gasteiger partial charge on any atom is 0.161 e. The van der Waals surface area contributed by atoms with Crippen LogP contribution in [0.2, 0.25) is 0 Å². The van der Waals surface area contributed by atoms with Crippen molar-refractivity contribution in [2.24, 2.45) is 0 Å².